The molecule has 128 valence electrons. The van der Waals surface area contributed by atoms with E-state index in [1.807, 2.05) is 0 Å². The number of benzene rings is 1. The number of hydrogen-bond donors (Lipinski definition) is 1. The first-order valence-corrected chi connectivity index (χ1v) is 8.76. The normalized spacial score (nSPS) is 14.8. The third-order valence-electron chi connectivity index (χ3n) is 4.33. The number of aryl methyl sites for hydroxylation is 1. The summed E-state index contributed by atoms with van der Waals surface area (Å²) in [7, 11) is 0. The minimum absolute atomic E-state index is 0.627. The molecular weight excluding hydrogens is 300 g/mol. The summed E-state index contributed by atoms with van der Waals surface area (Å²) in [5.74, 6) is 1.54. The van der Waals surface area contributed by atoms with E-state index in [0.29, 0.717) is 5.95 Å². The SMILES string of the molecule is CCCCNc1nncc(N2CCN(c3cccc(C)c3)CC2)n1. The number of hydrogen-bond acceptors (Lipinski definition) is 6. The monoisotopic (exact) mass is 326 g/mol. The molecule has 1 saturated heterocycles. The van der Waals surface area contributed by atoms with Gasteiger partial charge in [-0.25, -0.2) is 0 Å². The number of piperazine rings is 1. The Morgan fingerprint density at radius 2 is 1.92 bits per heavy atom. The number of aromatic nitrogens is 3. The molecule has 0 aliphatic carbocycles. The summed E-state index contributed by atoms with van der Waals surface area (Å²) in [4.78, 5) is 9.32. The average Bonchev–Trinajstić information content (AvgIpc) is 2.62. The fourth-order valence-corrected chi connectivity index (χ4v) is 2.92. The summed E-state index contributed by atoms with van der Waals surface area (Å²) < 4.78 is 0. The Hall–Kier alpha value is -2.37. The minimum Gasteiger partial charge on any atom is -0.368 e. The largest absolute Gasteiger partial charge is 0.368 e. The Kier molecular flexibility index (Phi) is 5.46. The smallest absolute Gasteiger partial charge is 0.244 e. The van der Waals surface area contributed by atoms with Crippen molar-refractivity contribution in [3.8, 4) is 0 Å². The van der Waals surface area contributed by atoms with Gasteiger partial charge in [-0.2, -0.15) is 10.1 Å². The van der Waals surface area contributed by atoms with Crippen LogP contribution in [0.5, 0.6) is 0 Å². The van der Waals surface area contributed by atoms with Crippen molar-refractivity contribution in [2.45, 2.75) is 26.7 Å². The quantitative estimate of drug-likeness (QED) is 0.824. The van der Waals surface area contributed by atoms with Crippen molar-refractivity contribution in [1.82, 2.24) is 15.2 Å². The zero-order chi connectivity index (χ0) is 16.8. The number of anilines is 3. The van der Waals surface area contributed by atoms with Gasteiger partial charge in [0.1, 0.15) is 0 Å². The Labute approximate surface area is 143 Å². The summed E-state index contributed by atoms with van der Waals surface area (Å²) in [6.07, 6.45) is 4.02. The van der Waals surface area contributed by atoms with Crippen LogP contribution in [0.2, 0.25) is 0 Å². The van der Waals surface area contributed by atoms with Gasteiger partial charge in [-0.15, -0.1) is 5.10 Å². The van der Waals surface area contributed by atoms with Crippen LogP contribution < -0.4 is 15.1 Å². The summed E-state index contributed by atoms with van der Waals surface area (Å²) in [5.41, 5.74) is 2.61. The van der Waals surface area contributed by atoms with Gasteiger partial charge in [0.15, 0.2) is 5.82 Å². The second-order valence-corrected chi connectivity index (χ2v) is 6.23. The molecule has 2 aromatic rings. The lowest BCUT2D eigenvalue weighted by Crippen LogP contribution is -2.47. The maximum atomic E-state index is 4.60. The average molecular weight is 326 g/mol. The highest BCUT2D eigenvalue weighted by molar-refractivity contribution is 5.51. The lowest BCUT2D eigenvalue weighted by Gasteiger charge is -2.36. The van der Waals surface area contributed by atoms with Crippen molar-refractivity contribution >= 4 is 17.5 Å². The van der Waals surface area contributed by atoms with Crippen LogP contribution in [0.4, 0.5) is 17.5 Å². The van der Waals surface area contributed by atoms with Gasteiger partial charge in [0, 0.05) is 38.4 Å². The third-order valence-corrected chi connectivity index (χ3v) is 4.33. The second kappa shape index (κ2) is 7.95. The van der Waals surface area contributed by atoms with Crippen molar-refractivity contribution in [2.24, 2.45) is 0 Å². The molecule has 6 nitrogen and oxygen atoms in total. The van der Waals surface area contributed by atoms with Crippen LogP contribution in [-0.2, 0) is 0 Å². The molecular formula is C18H26N6. The molecule has 0 amide bonds. The van der Waals surface area contributed by atoms with Gasteiger partial charge in [0.2, 0.25) is 5.95 Å². The summed E-state index contributed by atoms with van der Waals surface area (Å²) in [6, 6.07) is 8.70. The topological polar surface area (TPSA) is 57.2 Å². The Bertz CT molecular complexity index is 651. The maximum Gasteiger partial charge on any atom is 0.244 e. The molecule has 1 aromatic carbocycles. The van der Waals surface area contributed by atoms with E-state index < -0.39 is 0 Å². The Balaban J connectivity index is 1.59. The lowest BCUT2D eigenvalue weighted by atomic mass is 10.2. The lowest BCUT2D eigenvalue weighted by molar-refractivity contribution is 0.644. The molecule has 1 aliphatic heterocycles. The van der Waals surface area contributed by atoms with Crippen LogP contribution in [0.15, 0.2) is 30.5 Å². The number of nitrogens with one attached hydrogen (secondary N) is 1. The van der Waals surface area contributed by atoms with Crippen molar-refractivity contribution in [3.05, 3.63) is 36.0 Å². The highest BCUT2D eigenvalue weighted by Gasteiger charge is 2.19. The van der Waals surface area contributed by atoms with E-state index >= 15 is 0 Å². The van der Waals surface area contributed by atoms with Gasteiger partial charge in [-0.05, 0) is 31.0 Å². The van der Waals surface area contributed by atoms with E-state index in [1.54, 1.807) is 6.20 Å². The van der Waals surface area contributed by atoms with Crippen LogP contribution >= 0.6 is 0 Å². The predicted molar refractivity (Wildman–Crippen MR) is 98.8 cm³/mol. The van der Waals surface area contributed by atoms with E-state index in [0.717, 1.165) is 51.4 Å². The van der Waals surface area contributed by atoms with E-state index in [-0.39, 0.29) is 0 Å². The van der Waals surface area contributed by atoms with Crippen LogP contribution in [-0.4, -0.2) is 47.9 Å². The van der Waals surface area contributed by atoms with Crippen LogP contribution in [0.3, 0.4) is 0 Å². The molecule has 1 N–H and O–H groups in total. The van der Waals surface area contributed by atoms with Gasteiger partial charge >= 0.3 is 0 Å². The molecule has 0 bridgehead atoms. The fourth-order valence-electron chi connectivity index (χ4n) is 2.92. The van der Waals surface area contributed by atoms with Crippen LogP contribution in [0, 0.1) is 6.92 Å². The first-order valence-electron chi connectivity index (χ1n) is 8.76. The first-order chi connectivity index (χ1) is 11.8. The second-order valence-electron chi connectivity index (χ2n) is 6.23. The number of nitrogens with zero attached hydrogens (tertiary/aromatic N) is 5. The molecule has 0 saturated carbocycles. The molecule has 0 spiro atoms. The maximum absolute atomic E-state index is 4.60. The van der Waals surface area contributed by atoms with Gasteiger partial charge < -0.3 is 15.1 Å². The molecule has 0 atom stereocenters. The molecule has 1 aromatic heterocycles. The van der Waals surface area contributed by atoms with E-state index in [9.17, 15) is 0 Å². The summed E-state index contributed by atoms with van der Waals surface area (Å²) in [5, 5.41) is 11.4. The van der Waals surface area contributed by atoms with Gasteiger partial charge in [0.25, 0.3) is 0 Å². The van der Waals surface area contributed by atoms with E-state index in [1.165, 1.54) is 11.3 Å². The molecule has 6 heteroatoms. The molecule has 1 fully saturated rings. The highest BCUT2D eigenvalue weighted by atomic mass is 15.3. The van der Waals surface area contributed by atoms with Crippen molar-refractivity contribution in [2.75, 3.05) is 47.8 Å². The van der Waals surface area contributed by atoms with Gasteiger partial charge in [0.05, 0.1) is 6.20 Å². The molecule has 1 aliphatic rings. The van der Waals surface area contributed by atoms with Gasteiger partial charge in [-0.1, -0.05) is 25.5 Å². The minimum atomic E-state index is 0.627. The molecule has 0 radical (unpaired) electrons. The number of unbranched alkanes of at least 4 members (excludes halogenated alkanes) is 1. The number of rotatable bonds is 6. The summed E-state index contributed by atoms with van der Waals surface area (Å²) >= 11 is 0. The van der Waals surface area contributed by atoms with E-state index in [2.05, 4.69) is 68.4 Å². The molecule has 24 heavy (non-hydrogen) atoms. The standard InChI is InChI=1S/C18H26N6/c1-3-4-8-19-18-21-17(14-20-22-18)24-11-9-23(10-12-24)16-7-5-6-15(2)13-16/h5-7,13-14H,3-4,8-12H2,1-2H3,(H,19,21,22). The Morgan fingerprint density at radius 1 is 1.12 bits per heavy atom. The van der Waals surface area contributed by atoms with Gasteiger partial charge in [-0.3, -0.25) is 0 Å². The van der Waals surface area contributed by atoms with Crippen molar-refractivity contribution in [1.29, 1.82) is 0 Å². The zero-order valence-corrected chi connectivity index (χ0v) is 14.6. The third kappa shape index (κ3) is 4.13. The summed E-state index contributed by atoms with van der Waals surface area (Å²) in [6.45, 7) is 9.08. The highest BCUT2D eigenvalue weighted by Crippen LogP contribution is 2.20. The molecule has 3 rings (SSSR count). The van der Waals surface area contributed by atoms with E-state index in [4.69, 9.17) is 0 Å². The Morgan fingerprint density at radius 3 is 2.67 bits per heavy atom. The zero-order valence-electron chi connectivity index (χ0n) is 14.6. The van der Waals surface area contributed by atoms with Crippen molar-refractivity contribution < 1.29 is 0 Å². The molecule has 0 unspecified atom stereocenters. The molecule has 2 heterocycles. The first kappa shape index (κ1) is 16.5. The fraction of sp³-hybridized carbons (Fsp3) is 0.500. The van der Waals surface area contributed by atoms with Crippen molar-refractivity contribution in [3.63, 3.8) is 0 Å². The predicted octanol–water partition coefficient (Wildman–Crippen LogP) is 2.72. The van der Waals surface area contributed by atoms with Crippen LogP contribution in [0.1, 0.15) is 25.3 Å². The van der Waals surface area contributed by atoms with Crippen LogP contribution in [0.25, 0.3) is 0 Å².